The molecular formula is C28H21FN4O3. The molecule has 0 spiro atoms. The van der Waals surface area contributed by atoms with E-state index in [0.717, 1.165) is 10.3 Å². The number of ketones is 1. The Morgan fingerprint density at radius 3 is 2.53 bits per heavy atom. The average molecular weight is 480 g/mol. The lowest BCUT2D eigenvalue weighted by atomic mass is 10.0. The molecule has 1 N–H and O–H groups in total. The third kappa shape index (κ3) is 4.50. The van der Waals surface area contributed by atoms with Gasteiger partial charge in [0.05, 0.1) is 16.9 Å². The molecule has 2 aromatic heterocycles. The van der Waals surface area contributed by atoms with E-state index in [9.17, 15) is 24.3 Å². The van der Waals surface area contributed by atoms with E-state index in [-0.39, 0.29) is 29.1 Å². The molecule has 178 valence electrons. The van der Waals surface area contributed by atoms with E-state index in [1.165, 1.54) is 37.3 Å². The number of benzene rings is 2. The summed E-state index contributed by atoms with van der Waals surface area (Å²) in [7, 11) is 0. The molecule has 4 aromatic rings. The zero-order valence-electron chi connectivity index (χ0n) is 19.4. The lowest BCUT2D eigenvalue weighted by molar-refractivity contribution is 0.104. The zero-order valence-corrected chi connectivity index (χ0v) is 19.4. The number of rotatable bonds is 7. The van der Waals surface area contributed by atoms with Gasteiger partial charge in [0.1, 0.15) is 17.4 Å². The van der Waals surface area contributed by atoms with Crippen LogP contribution in [0.2, 0.25) is 0 Å². The molecule has 0 aliphatic rings. The molecule has 2 aromatic carbocycles. The molecule has 8 heteroatoms. The van der Waals surface area contributed by atoms with E-state index in [1.807, 2.05) is 36.4 Å². The Bertz CT molecular complexity index is 1590. The van der Waals surface area contributed by atoms with Crippen LogP contribution in [0.5, 0.6) is 5.88 Å². The van der Waals surface area contributed by atoms with E-state index in [4.69, 9.17) is 0 Å². The summed E-state index contributed by atoms with van der Waals surface area (Å²) in [6.07, 6.45) is 5.88. The van der Waals surface area contributed by atoms with Crippen LogP contribution in [0.15, 0.2) is 84.3 Å². The minimum absolute atomic E-state index is 0.0673. The van der Waals surface area contributed by atoms with Crippen LogP contribution in [-0.4, -0.2) is 25.2 Å². The summed E-state index contributed by atoms with van der Waals surface area (Å²) in [6.45, 7) is 4.93. The summed E-state index contributed by atoms with van der Waals surface area (Å²) in [5.41, 5.74) is 1.52. The molecule has 0 aliphatic carbocycles. The van der Waals surface area contributed by atoms with Gasteiger partial charge in [-0.3, -0.25) is 14.2 Å². The first-order valence-corrected chi connectivity index (χ1v) is 11.0. The first-order chi connectivity index (χ1) is 17.3. The van der Waals surface area contributed by atoms with Gasteiger partial charge in [0.2, 0.25) is 5.88 Å². The fourth-order valence-electron chi connectivity index (χ4n) is 3.85. The SMILES string of the molecule is C=CCn1c(O)c(C(=O)/C=C/c2cn(-c3ccccc3)nc2-c2ccc(F)cc2)c(C)c(C#N)c1=O. The quantitative estimate of drug-likeness (QED) is 0.232. The lowest BCUT2D eigenvalue weighted by Gasteiger charge is -2.13. The van der Waals surface area contributed by atoms with Crippen LogP contribution in [0.4, 0.5) is 4.39 Å². The van der Waals surface area contributed by atoms with Crippen molar-refractivity contribution in [1.82, 2.24) is 14.3 Å². The van der Waals surface area contributed by atoms with Crippen molar-refractivity contribution in [3.63, 3.8) is 0 Å². The highest BCUT2D eigenvalue weighted by molar-refractivity contribution is 6.09. The first kappa shape index (κ1) is 24.1. The molecule has 0 atom stereocenters. The van der Waals surface area contributed by atoms with Gasteiger partial charge in [-0.1, -0.05) is 24.3 Å². The second-order valence-corrected chi connectivity index (χ2v) is 7.93. The zero-order chi connectivity index (χ0) is 25.8. The minimum Gasteiger partial charge on any atom is -0.494 e. The molecule has 7 nitrogen and oxygen atoms in total. The number of nitriles is 1. The van der Waals surface area contributed by atoms with Crippen molar-refractivity contribution < 1.29 is 14.3 Å². The van der Waals surface area contributed by atoms with Crippen LogP contribution in [-0.2, 0) is 6.54 Å². The molecule has 4 rings (SSSR count). The van der Waals surface area contributed by atoms with E-state index in [0.29, 0.717) is 16.8 Å². The molecule has 0 saturated heterocycles. The van der Waals surface area contributed by atoms with Crippen molar-refractivity contribution in [2.45, 2.75) is 13.5 Å². The molecule has 0 saturated carbocycles. The van der Waals surface area contributed by atoms with Gasteiger partial charge < -0.3 is 5.11 Å². The highest BCUT2D eigenvalue weighted by Crippen LogP contribution is 2.27. The summed E-state index contributed by atoms with van der Waals surface area (Å²) in [5, 5.41) is 24.8. The number of carbonyl (C=O) groups excluding carboxylic acids is 1. The van der Waals surface area contributed by atoms with Gasteiger partial charge in [-0.05, 0) is 61.0 Å². The number of allylic oxidation sites excluding steroid dienone is 2. The Hall–Kier alpha value is -5.03. The molecule has 0 amide bonds. The number of para-hydroxylation sites is 1. The van der Waals surface area contributed by atoms with Crippen LogP contribution in [0.25, 0.3) is 23.0 Å². The second-order valence-electron chi connectivity index (χ2n) is 7.93. The predicted molar refractivity (Wildman–Crippen MR) is 134 cm³/mol. The van der Waals surface area contributed by atoms with Crippen LogP contribution >= 0.6 is 0 Å². The molecule has 0 unspecified atom stereocenters. The van der Waals surface area contributed by atoms with E-state index >= 15 is 0 Å². The standard InChI is InChI=1S/C28H21FN4O3/c1-3-15-32-27(35)23(16-30)18(2)25(28(32)36)24(34)14-11-20-17-33(22-7-5-4-6-8-22)31-26(20)19-9-12-21(29)13-10-19/h3-14,17,36H,1,15H2,2H3/b14-11+. The number of carbonyl (C=O) groups is 1. The summed E-state index contributed by atoms with van der Waals surface area (Å²) >= 11 is 0. The molecule has 0 fully saturated rings. The Kier molecular flexibility index (Phi) is 6.75. The monoisotopic (exact) mass is 480 g/mol. The summed E-state index contributed by atoms with van der Waals surface area (Å²) in [6, 6.07) is 17.0. The number of hydrogen-bond donors (Lipinski definition) is 1. The number of aromatic hydroxyl groups is 1. The maximum absolute atomic E-state index is 13.5. The van der Waals surface area contributed by atoms with Crippen LogP contribution in [0.1, 0.15) is 27.0 Å². The lowest BCUT2D eigenvalue weighted by Crippen LogP contribution is -2.25. The Morgan fingerprint density at radius 1 is 1.19 bits per heavy atom. The normalized spacial score (nSPS) is 10.9. The van der Waals surface area contributed by atoms with Gasteiger partial charge in [-0.15, -0.1) is 6.58 Å². The number of halogens is 1. The van der Waals surface area contributed by atoms with Gasteiger partial charge in [-0.2, -0.15) is 10.4 Å². The second kappa shape index (κ2) is 10.1. The van der Waals surface area contributed by atoms with E-state index in [1.54, 1.807) is 23.0 Å². The van der Waals surface area contributed by atoms with Crippen molar-refractivity contribution >= 4 is 11.9 Å². The number of aromatic nitrogens is 3. The van der Waals surface area contributed by atoms with Crippen molar-refractivity contribution in [2.24, 2.45) is 0 Å². The van der Waals surface area contributed by atoms with Crippen LogP contribution in [0.3, 0.4) is 0 Å². The largest absolute Gasteiger partial charge is 0.494 e. The fourth-order valence-corrected chi connectivity index (χ4v) is 3.85. The average Bonchev–Trinajstić information content (AvgIpc) is 3.31. The molecule has 0 radical (unpaired) electrons. The smallest absolute Gasteiger partial charge is 0.271 e. The molecule has 0 aliphatic heterocycles. The van der Waals surface area contributed by atoms with Crippen molar-refractivity contribution in [1.29, 1.82) is 5.26 Å². The Labute approximate surface area is 206 Å². The van der Waals surface area contributed by atoms with Gasteiger partial charge >= 0.3 is 0 Å². The maximum Gasteiger partial charge on any atom is 0.271 e. The third-order valence-electron chi connectivity index (χ3n) is 5.65. The van der Waals surface area contributed by atoms with Crippen molar-refractivity contribution in [2.75, 3.05) is 0 Å². The molecule has 2 heterocycles. The fraction of sp³-hybridized carbons (Fsp3) is 0.0714. The van der Waals surface area contributed by atoms with Crippen LogP contribution < -0.4 is 5.56 Å². The maximum atomic E-state index is 13.5. The van der Waals surface area contributed by atoms with Gasteiger partial charge in [-0.25, -0.2) is 9.07 Å². The topological polar surface area (TPSA) is 101 Å². The minimum atomic E-state index is -0.698. The molecule has 36 heavy (non-hydrogen) atoms. The molecular weight excluding hydrogens is 459 g/mol. The molecule has 0 bridgehead atoms. The highest BCUT2D eigenvalue weighted by Gasteiger charge is 2.22. The third-order valence-corrected chi connectivity index (χ3v) is 5.65. The first-order valence-electron chi connectivity index (χ1n) is 11.0. The number of hydrogen-bond acceptors (Lipinski definition) is 5. The Morgan fingerprint density at radius 2 is 1.89 bits per heavy atom. The van der Waals surface area contributed by atoms with Crippen molar-refractivity contribution in [3.05, 3.63) is 118 Å². The summed E-state index contributed by atoms with van der Waals surface area (Å²) < 4.78 is 16.1. The van der Waals surface area contributed by atoms with E-state index < -0.39 is 17.2 Å². The van der Waals surface area contributed by atoms with Crippen molar-refractivity contribution in [3.8, 4) is 28.9 Å². The van der Waals surface area contributed by atoms with Crippen LogP contribution in [0, 0.1) is 24.1 Å². The van der Waals surface area contributed by atoms with E-state index in [2.05, 4.69) is 11.7 Å². The van der Waals surface area contributed by atoms with Gasteiger partial charge in [0.25, 0.3) is 5.56 Å². The number of pyridine rings is 1. The highest BCUT2D eigenvalue weighted by atomic mass is 19.1. The number of nitrogens with zero attached hydrogens (tertiary/aromatic N) is 4. The predicted octanol–water partition coefficient (Wildman–Crippen LogP) is 4.81. The summed E-state index contributed by atoms with van der Waals surface area (Å²) in [4.78, 5) is 25.7. The Balaban J connectivity index is 1.81. The van der Waals surface area contributed by atoms with Gasteiger partial charge in [0.15, 0.2) is 5.78 Å². The summed E-state index contributed by atoms with van der Waals surface area (Å²) in [5.74, 6) is -1.52. The van der Waals surface area contributed by atoms with Gasteiger partial charge in [0, 0.05) is 23.9 Å².